The van der Waals surface area contributed by atoms with Crippen molar-refractivity contribution in [1.82, 2.24) is 9.88 Å². The van der Waals surface area contributed by atoms with Crippen LogP contribution in [0.4, 0.5) is 0 Å². The molecule has 3 rings (SSSR count). The van der Waals surface area contributed by atoms with Crippen LogP contribution in [0.5, 0.6) is 0 Å². The summed E-state index contributed by atoms with van der Waals surface area (Å²) in [5.74, 6) is 0.167. The topological polar surface area (TPSA) is 33.2 Å². The molecule has 0 saturated carbocycles. The molecule has 1 saturated heterocycles. The molecule has 4 heteroatoms. The van der Waals surface area contributed by atoms with Gasteiger partial charge in [0, 0.05) is 19.3 Å². The molecular weight excluding hydrogens is 220 g/mol. The quantitative estimate of drug-likeness (QED) is 0.757. The molecule has 1 aliphatic rings. The van der Waals surface area contributed by atoms with Gasteiger partial charge in [0.1, 0.15) is 0 Å². The molecule has 3 heterocycles. The van der Waals surface area contributed by atoms with Crippen molar-refractivity contribution in [2.24, 2.45) is 0 Å². The molecule has 0 aromatic carbocycles. The van der Waals surface area contributed by atoms with Crippen LogP contribution in [0, 0.1) is 0 Å². The fraction of sp³-hybridized carbons (Fsp3) is 0.333. The molecule has 0 N–H and O–H groups in total. The highest BCUT2D eigenvalue weighted by atomic mass is 32.1. The van der Waals surface area contributed by atoms with Crippen LogP contribution in [0.1, 0.15) is 22.5 Å². The van der Waals surface area contributed by atoms with E-state index < -0.39 is 0 Å². The monoisotopic (exact) mass is 232 g/mol. The van der Waals surface area contributed by atoms with Crippen molar-refractivity contribution in [2.75, 3.05) is 13.1 Å². The normalized spacial score (nSPS) is 15.9. The maximum atomic E-state index is 12.1. The van der Waals surface area contributed by atoms with Crippen molar-refractivity contribution < 1.29 is 4.79 Å². The number of likely N-dealkylation sites (tertiary alicyclic amines) is 1. The number of pyridine rings is 1. The molecule has 0 aliphatic carbocycles. The first-order valence-electron chi connectivity index (χ1n) is 5.48. The van der Waals surface area contributed by atoms with Crippen LogP contribution in [0.15, 0.2) is 24.4 Å². The van der Waals surface area contributed by atoms with E-state index in [9.17, 15) is 4.79 Å². The summed E-state index contributed by atoms with van der Waals surface area (Å²) in [5.41, 5.74) is 0.926. The van der Waals surface area contributed by atoms with E-state index in [0.717, 1.165) is 41.0 Å². The zero-order valence-corrected chi connectivity index (χ0v) is 9.67. The largest absolute Gasteiger partial charge is 0.338 e. The first-order chi connectivity index (χ1) is 7.84. The number of carbonyl (C=O) groups is 1. The summed E-state index contributed by atoms with van der Waals surface area (Å²) < 4.78 is 1.09. The zero-order valence-electron chi connectivity index (χ0n) is 8.85. The fourth-order valence-electron chi connectivity index (χ4n) is 2.05. The molecule has 1 fully saturated rings. The van der Waals surface area contributed by atoms with Gasteiger partial charge < -0.3 is 4.90 Å². The molecule has 0 radical (unpaired) electrons. The summed E-state index contributed by atoms with van der Waals surface area (Å²) in [6, 6.07) is 5.82. The predicted octanol–water partition coefficient (Wildman–Crippen LogP) is 2.53. The van der Waals surface area contributed by atoms with Gasteiger partial charge in [-0.2, -0.15) is 0 Å². The fourth-order valence-corrected chi connectivity index (χ4v) is 3.04. The zero-order chi connectivity index (χ0) is 11.0. The molecule has 0 spiro atoms. The van der Waals surface area contributed by atoms with Gasteiger partial charge in [-0.25, -0.2) is 0 Å². The van der Waals surface area contributed by atoms with Crippen molar-refractivity contribution in [3.63, 3.8) is 0 Å². The van der Waals surface area contributed by atoms with Crippen LogP contribution in [-0.2, 0) is 0 Å². The third-order valence-electron chi connectivity index (χ3n) is 2.89. The Balaban J connectivity index is 1.96. The maximum absolute atomic E-state index is 12.1. The van der Waals surface area contributed by atoms with Crippen molar-refractivity contribution in [2.45, 2.75) is 12.8 Å². The highest BCUT2D eigenvalue weighted by Crippen LogP contribution is 2.25. The number of hydrogen-bond acceptors (Lipinski definition) is 3. The Kier molecular flexibility index (Phi) is 2.36. The molecule has 1 aliphatic heterocycles. The van der Waals surface area contributed by atoms with E-state index in [1.807, 2.05) is 23.1 Å². The highest BCUT2D eigenvalue weighted by molar-refractivity contribution is 7.20. The van der Waals surface area contributed by atoms with Gasteiger partial charge in [-0.15, -0.1) is 11.3 Å². The third-order valence-corrected chi connectivity index (χ3v) is 3.97. The minimum Gasteiger partial charge on any atom is -0.338 e. The van der Waals surface area contributed by atoms with Crippen molar-refractivity contribution in [3.8, 4) is 0 Å². The molecule has 2 aromatic rings. The Morgan fingerprint density at radius 2 is 2.19 bits per heavy atom. The molecule has 0 atom stereocenters. The Bertz CT molecular complexity index is 496. The van der Waals surface area contributed by atoms with E-state index in [1.54, 1.807) is 6.20 Å². The summed E-state index contributed by atoms with van der Waals surface area (Å²) >= 11 is 1.54. The number of rotatable bonds is 1. The van der Waals surface area contributed by atoms with Crippen LogP contribution >= 0.6 is 11.3 Å². The van der Waals surface area contributed by atoms with Gasteiger partial charge in [-0.05, 0) is 31.0 Å². The van der Waals surface area contributed by atoms with Gasteiger partial charge in [0.15, 0.2) is 0 Å². The molecule has 0 bridgehead atoms. The lowest BCUT2D eigenvalue weighted by Crippen LogP contribution is -2.26. The molecule has 3 nitrogen and oxygen atoms in total. The van der Waals surface area contributed by atoms with Crippen LogP contribution in [-0.4, -0.2) is 28.9 Å². The van der Waals surface area contributed by atoms with Crippen LogP contribution in [0.25, 0.3) is 10.2 Å². The van der Waals surface area contributed by atoms with E-state index in [2.05, 4.69) is 4.98 Å². The van der Waals surface area contributed by atoms with Gasteiger partial charge >= 0.3 is 0 Å². The van der Waals surface area contributed by atoms with Gasteiger partial charge in [0.05, 0.1) is 15.1 Å². The minimum absolute atomic E-state index is 0.167. The number of aromatic nitrogens is 1. The Hall–Kier alpha value is -1.42. The second-order valence-electron chi connectivity index (χ2n) is 4.00. The average Bonchev–Trinajstić information content (AvgIpc) is 2.97. The minimum atomic E-state index is 0.167. The number of nitrogens with zero attached hydrogens (tertiary/aromatic N) is 2. The van der Waals surface area contributed by atoms with Gasteiger partial charge in [-0.1, -0.05) is 0 Å². The average molecular weight is 232 g/mol. The Labute approximate surface area is 97.7 Å². The lowest BCUT2D eigenvalue weighted by molar-refractivity contribution is 0.0797. The van der Waals surface area contributed by atoms with E-state index >= 15 is 0 Å². The van der Waals surface area contributed by atoms with Crippen molar-refractivity contribution >= 4 is 27.5 Å². The van der Waals surface area contributed by atoms with Crippen LogP contribution < -0.4 is 0 Å². The molecular formula is C12H12N2OS. The number of thiophene rings is 1. The van der Waals surface area contributed by atoms with Crippen LogP contribution in [0.3, 0.4) is 0 Å². The van der Waals surface area contributed by atoms with Crippen molar-refractivity contribution in [1.29, 1.82) is 0 Å². The highest BCUT2D eigenvalue weighted by Gasteiger charge is 2.21. The summed E-state index contributed by atoms with van der Waals surface area (Å²) in [7, 11) is 0. The maximum Gasteiger partial charge on any atom is 0.264 e. The number of amides is 1. The second-order valence-corrected chi connectivity index (χ2v) is 5.08. The van der Waals surface area contributed by atoms with Gasteiger partial charge in [0.2, 0.25) is 0 Å². The lowest BCUT2D eigenvalue weighted by atomic mass is 10.3. The van der Waals surface area contributed by atoms with E-state index in [1.165, 1.54) is 11.3 Å². The summed E-state index contributed by atoms with van der Waals surface area (Å²) in [6.07, 6.45) is 4.03. The second kappa shape index (κ2) is 3.87. The summed E-state index contributed by atoms with van der Waals surface area (Å²) in [6.45, 7) is 1.81. The molecule has 0 unspecified atom stereocenters. The van der Waals surface area contributed by atoms with Crippen molar-refractivity contribution in [3.05, 3.63) is 29.3 Å². The van der Waals surface area contributed by atoms with E-state index in [4.69, 9.17) is 0 Å². The SMILES string of the molecule is O=C(c1cc2ncccc2s1)N1CCCC1. The first-order valence-corrected chi connectivity index (χ1v) is 6.30. The van der Waals surface area contributed by atoms with Crippen LogP contribution in [0.2, 0.25) is 0 Å². The standard InChI is InChI=1S/C12H12N2OS/c15-12(14-6-1-2-7-14)11-8-9-10(16-11)4-3-5-13-9/h3-5,8H,1-2,6-7H2. The number of fused-ring (bicyclic) bond motifs is 1. The Morgan fingerprint density at radius 3 is 2.94 bits per heavy atom. The smallest absolute Gasteiger partial charge is 0.264 e. The number of hydrogen-bond donors (Lipinski definition) is 0. The molecule has 16 heavy (non-hydrogen) atoms. The summed E-state index contributed by atoms with van der Waals surface area (Å²) in [4.78, 5) is 19.1. The molecule has 1 amide bonds. The number of carbonyl (C=O) groups excluding carboxylic acids is 1. The Morgan fingerprint density at radius 1 is 1.38 bits per heavy atom. The van der Waals surface area contributed by atoms with Gasteiger partial charge in [-0.3, -0.25) is 9.78 Å². The third kappa shape index (κ3) is 1.59. The van der Waals surface area contributed by atoms with Gasteiger partial charge in [0.25, 0.3) is 5.91 Å². The van der Waals surface area contributed by atoms with E-state index in [-0.39, 0.29) is 5.91 Å². The lowest BCUT2D eigenvalue weighted by Gasteiger charge is -2.13. The predicted molar refractivity (Wildman–Crippen MR) is 64.8 cm³/mol. The first kappa shape index (κ1) is 9.78. The van der Waals surface area contributed by atoms with E-state index in [0.29, 0.717) is 0 Å². The molecule has 82 valence electrons. The molecule has 2 aromatic heterocycles. The summed E-state index contributed by atoms with van der Waals surface area (Å²) in [5, 5.41) is 0.